The van der Waals surface area contributed by atoms with Crippen molar-refractivity contribution in [2.75, 3.05) is 51.7 Å². The molecule has 5 aliphatic heterocycles. The maximum Gasteiger partial charge on any atom is 0.410 e. The lowest BCUT2D eigenvalue weighted by Crippen LogP contribution is -2.63. The van der Waals surface area contributed by atoms with E-state index >= 15 is 8.78 Å². The Balaban J connectivity index is 1.20. The van der Waals surface area contributed by atoms with E-state index in [4.69, 9.17) is 43.1 Å². The number of aromatic nitrogens is 3. The molecule has 2 aromatic heterocycles. The highest BCUT2D eigenvalue weighted by Crippen LogP contribution is 2.49. The second-order valence-electron chi connectivity index (χ2n) is 25.1. The lowest BCUT2D eigenvalue weighted by Gasteiger charge is -2.46. The molecule has 5 aliphatic rings. The molecule has 17 heteroatoms. The Morgan fingerprint density at radius 1 is 0.919 bits per heavy atom. The Kier molecular flexibility index (Phi) is 14.7. The summed E-state index contributed by atoms with van der Waals surface area (Å²) in [6.45, 7) is 32.7. The van der Waals surface area contributed by atoms with Gasteiger partial charge in [-0.15, -0.1) is 5.54 Å². The van der Waals surface area contributed by atoms with E-state index in [-0.39, 0.29) is 88.5 Å². The van der Waals surface area contributed by atoms with Crippen LogP contribution in [0.2, 0.25) is 34.8 Å². The monoisotopic (exact) mass is 1050 g/mol. The number of methoxy groups -OCH3 is 1. The third kappa shape index (κ3) is 9.66. The number of piperazine rings is 1. The number of amides is 1. The van der Waals surface area contributed by atoms with Gasteiger partial charge in [0.1, 0.15) is 60.9 Å². The van der Waals surface area contributed by atoms with Crippen molar-refractivity contribution in [1.82, 2.24) is 24.8 Å². The van der Waals surface area contributed by atoms with Gasteiger partial charge in [0.15, 0.2) is 20.9 Å². The fourth-order valence-electron chi connectivity index (χ4n) is 13.0. The van der Waals surface area contributed by atoms with Gasteiger partial charge in [0.2, 0.25) is 5.88 Å². The van der Waals surface area contributed by atoms with Gasteiger partial charge in [-0.05, 0) is 124 Å². The third-order valence-electron chi connectivity index (χ3n) is 17.6. The summed E-state index contributed by atoms with van der Waals surface area (Å²) in [5.41, 5.74) is 3.93. The summed E-state index contributed by atoms with van der Waals surface area (Å²) in [4.78, 5) is 35.7. The van der Waals surface area contributed by atoms with Gasteiger partial charge >= 0.3 is 12.1 Å². The molecular weight excluding hydrogens is 975 g/mol. The molecule has 0 spiro atoms. The van der Waals surface area contributed by atoms with Crippen molar-refractivity contribution >= 4 is 50.0 Å². The summed E-state index contributed by atoms with van der Waals surface area (Å²) in [7, 11) is -2.82. The third-order valence-corrected chi connectivity index (χ3v) is 28.4. The van der Waals surface area contributed by atoms with Crippen LogP contribution in [0.15, 0.2) is 24.3 Å². The molecule has 7 heterocycles. The van der Waals surface area contributed by atoms with Gasteiger partial charge in [-0.2, -0.15) is 9.97 Å². The molecule has 0 aliphatic carbocycles. The number of benzene rings is 2. The zero-order valence-electron chi connectivity index (χ0n) is 46.6. The van der Waals surface area contributed by atoms with Crippen molar-refractivity contribution in [2.24, 2.45) is 0 Å². The van der Waals surface area contributed by atoms with Crippen LogP contribution in [0.4, 0.5) is 19.4 Å². The van der Waals surface area contributed by atoms with Crippen LogP contribution in [0.1, 0.15) is 127 Å². The van der Waals surface area contributed by atoms with Gasteiger partial charge in [-0.3, -0.25) is 9.80 Å². The summed E-state index contributed by atoms with van der Waals surface area (Å²) < 4.78 is 72.8. The van der Waals surface area contributed by atoms with E-state index in [2.05, 4.69) is 96.7 Å². The van der Waals surface area contributed by atoms with Crippen LogP contribution in [0.3, 0.4) is 0 Å². The minimum Gasteiger partial charge on any atom is -0.475 e. The first-order chi connectivity index (χ1) is 34.8. The first-order valence-electron chi connectivity index (χ1n) is 27.1. The molecule has 9 rings (SSSR count). The fourth-order valence-corrected chi connectivity index (χ4v) is 19.2. The number of halogens is 2. The first-order valence-corrected chi connectivity index (χ1v) is 32.2. The largest absolute Gasteiger partial charge is 0.475 e. The number of anilines is 1. The minimum atomic E-state index is -2.37. The first kappa shape index (κ1) is 54.2. The maximum atomic E-state index is 18.5. The van der Waals surface area contributed by atoms with E-state index < -0.39 is 33.6 Å². The molecule has 5 atom stereocenters. The normalized spacial score (nSPS) is 23.1. The number of hydrogen-bond acceptors (Lipinski definition) is 12. The van der Waals surface area contributed by atoms with Crippen LogP contribution in [0.5, 0.6) is 17.6 Å². The second-order valence-corrected chi connectivity index (χ2v) is 35.5. The molecule has 1 amide bonds. The summed E-state index contributed by atoms with van der Waals surface area (Å²) in [5.74, 6) is 3.05. The standard InChI is InChI=1S/C57H80F2N6O7Si2/c1-34(2)74(35(3)4,36(5)6)26-22-41-43(58)19-17-37-27-40(70-33-67-13)28-42(46(37)41)49-48(59)50-47-51(63-29-38-18-20-44(45(63)31-68-52(47)60-49)65(38)54(66)72-55(7,8)9)62-53(61-50)69-32-57-23-16-25-64(57)39(21-24-57)30-71-73(14,15)56(10,11)12/h17,19,27-28,34-36,38-39,44-45H,16,18,20-21,23-25,29-33H2,1-15H3/t38-,39+,44+,45-,57+/m1/s1. The smallest absolute Gasteiger partial charge is 0.410 e. The van der Waals surface area contributed by atoms with E-state index in [0.29, 0.717) is 64.1 Å². The molecule has 13 nitrogen and oxygen atoms in total. The molecule has 2 bridgehead atoms. The fraction of sp³-hybridized carbons (Fsp3) is 0.649. The highest BCUT2D eigenvalue weighted by atomic mass is 28.4. The van der Waals surface area contributed by atoms with E-state index in [1.54, 1.807) is 18.2 Å². The van der Waals surface area contributed by atoms with Gasteiger partial charge in [0.25, 0.3) is 0 Å². The number of carbonyl (C=O) groups is 1. The highest BCUT2D eigenvalue weighted by molar-refractivity contribution is 6.90. The molecule has 4 aromatic rings. The van der Waals surface area contributed by atoms with Crippen molar-refractivity contribution in [3.05, 3.63) is 41.5 Å². The highest BCUT2D eigenvalue weighted by Gasteiger charge is 2.53. The zero-order chi connectivity index (χ0) is 53.4. The van der Waals surface area contributed by atoms with Crippen LogP contribution in [0.25, 0.3) is 32.9 Å². The molecule has 0 unspecified atom stereocenters. The Bertz CT molecular complexity index is 2840. The van der Waals surface area contributed by atoms with Gasteiger partial charge < -0.3 is 33.0 Å². The van der Waals surface area contributed by atoms with E-state index in [0.717, 1.165) is 45.1 Å². The molecule has 4 fully saturated rings. The van der Waals surface area contributed by atoms with Gasteiger partial charge in [-0.1, -0.05) is 74.3 Å². The SMILES string of the molecule is COCOc1cc(-c2nc3c4c(nc(OC[C@@]56CCCN5[C@H](CO[Si](C)(C)C(C)(C)C)CC6)nc4c2F)N2C[C@H]4CC[C@@H]([C@H]2CO3)N4C(=O)OC(C)(C)C)c2c(C#C[Si](C(C)C)(C(C)C)C(C)C)c(F)ccc2c1. The average Bonchev–Trinajstić information content (AvgIpc) is 3.96. The Hall–Kier alpha value is -4.61. The number of hydrogen-bond donors (Lipinski definition) is 0. The predicted molar refractivity (Wildman–Crippen MR) is 292 cm³/mol. The number of fused-ring (bicyclic) bond motifs is 7. The predicted octanol–water partition coefficient (Wildman–Crippen LogP) is 12.4. The second kappa shape index (κ2) is 20.1. The number of pyridine rings is 1. The van der Waals surface area contributed by atoms with Crippen LogP contribution in [-0.4, -0.2) is 129 Å². The van der Waals surface area contributed by atoms with Crippen molar-refractivity contribution in [3.63, 3.8) is 0 Å². The van der Waals surface area contributed by atoms with Gasteiger partial charge in [0.05, 0.1) is 29.2 Å². The van der Waals surface area contributed by atoms with E-state index in [1.165, 1.54) is 13.2 Å². The molecular formula is C57H80F2N6O7Si2. The minimum absolute atomic E-state index is 0.0355. The van der Waals surface area contributed by atoms with Crippen molar-refractivity contribution in [3.8, 4) is 40.4 Å². The number of carbonyl (C=O) groups excluding carboxylic acids is 1. The van der Waals surface area contributed by atoms with Crippen LogP contribution in [0, 0.1) is 23.1 Å². The number of ether oxygens (including phenoxy) is 5. The maximum absolute atomic E-state index is 18.5. The van der Waals surface area contributed by atoms with Crippen molar-refractivity contribution in [1.29, 1.82) is 0 Å². The Labute approximate surface area is 439 Å². The summed E-state index contributed by atoms with van der Waals surface area (Å²) >= 11 is 0. The molecule has 0 radical (unpaired) electrons. The summed E-state index contributed by atoms with van der Waals surface area (Å²) in [6.07, 6.45) is 5.02. The molecule has 74 heavy (non-hydrogen) atoms. The van der Waals surface area contributed by atoms with Crippen LogP contribution in [-0.2, 0) is 13.9 Å². The molecule has 2 aromatic carbocycles. The van der Waals surface area contributed by atoms with Gasteiger partial charge in [-0.25, -0.2) is 18.6 Å². The van der Waals surface area contributed by atoms with E-state index in [1.807, 2.05) is 25.7 Å². The lowest BCUT2D eigenvalue weighted by molar-refractivity contribution is 0.00536. The molecule has 4 saturated heterocycles. The van der Waals surface area contributed by atoms with E-state index in [9.17, 15) is 4.79 Å². The average molecular weight is 1060 g/mol. The molecule has 402 valence electrons. The summed E-state index contributed by atoms with van der Waals surface area (Å²) in [5, 5.41) is 1.39. The molecule has 0 N–H and O–H groups in total. The van der Waals surface area contributed by atoms with Crippen LogP contribution < -0.4 is 19.1 Å². The Morgan fingerprint density at radius 2 is 1.65 bits per heavy atom. The Morgan fingerprint density at radius 3 is 2.32 bits per heavy atom. The zero-order valence-corrected chi connectivity index (χ0v) is 48.6. The van der Waals surface area contributed by atoms with Crippen molar-refractivity contribution < 1.29 is 41.7 Å². The number of rotatable bonds is 13. The topological polar surface area (TPSA) is 121 Å². The number of nitrogens with zero attached hydrogens (tertiary/aromatic N) is 6. The quantitative estimate of drug-likeness (QED) is 0.0720. The van der Waals surface area contributed by atoms with Crippen molar-refractivity contribution in [2.45, 2.75) is 192 Å². The lowest BCUT2D eigenvalue weighted by atomic mass is 9.95. The summed E-state index contributed by atoms with van der Waals surface area (Å²) in [6, 6.07) is 5.98. The van der Waals surface area contributed by atoms with Gasteiger partial charge in [0, 0.05) is 37.3 Å². The molecule has 0 saturated carbocycles. The van der Waals surface area contributed by atoms with Crippen LogP contribution >= 0.6 is 0 Å².